The topological polar surface area (TPSA) is 61.4 Å². The highest BCUT2D eigenvalue weighted by molar-refractivity contribution is 7.17. The Balaban J connectivity index is 1.71. The summed E-state index contributed by atoms with van der Waals surface area (Å²) >= 11 is 1.66. The molecule has 0 aliphatic carbocycles. The number of amides is 1. The monoisotopic (exact) mass is 409 g/mol. The molecule has 7 heteroatoms. The summed E-state index contributed by atoms with van der Waals surface area (Å²) in [5.41, 5.74) is 2.32. The number of carbonyl (C=O) groups excluding carboxylic acids is 1. The molecule has 0 saturated carbocycles. The van der Waals surface area contributed by atoms with Crippen LogP contribution in [0, 0.1) is 0 Å². The van der Waals surface area contributed by atoms with Gasteiger partial charge in [-0.2, -0.15) is 0 Å². The Morgan fingerprint density at radius 1 is 1.28 bits per heavy atom. The van der Waals surface area contributed by atoms with E-state index in [4.69, 9.17) is 9.97 Å². The van der Waals surface area contributed by atoms with Crippen LogP contribution in [0.15, 0.2) is 35.7 Å². The molecule has 152 valence electrons. The minimum Gasteiger partial charge on any atom is -0.365 e. The van der Waals surface area contributed by atoms with Gasteiger partial charge in [0.15, 0.2) is 0 Å². The van der Waals surface area contributed by atoms with Gasteiger partial charge in [-0.1, -0.05) is 37.3 Å². The fourth-order valence-electron chi connectivity index (χ4n) is 3.80. The second-order valence-corrected chi connectivity index (χ2v) is 8.60. The van der Waals surface area contributed by atoms with Gasteiger partial charge in [-0.25, -0.2) is 9.97 Å². The van der Waals surface area contributed by atoms with Gasteiger partial charge in [0.25, 0.3) is 0 Å². The maximum Gasteiger partial charge on any atom is 0.222 e. The first-order chi connectivity index (χ1) is 14.0. The lowest BCUT2D eigenvalue weighted by atomic mass is 10.1. The summed E-state index contributed by atoms with van der Waals surface area (Å²) in [7, 11) is 4.05. The van der Waals surface area contributed by atoms with Crippen LogP contribution in [0.5, 0.6) is 0 Å². The van der Waals surface area contributed by atoms with Gasteiger partial charge in [0.2, 0.25) is 5.91 Å². The number of nitrogens with one attached hydrogen (secondary N) is 1. The average Bonchev–Trinajstić information content (AvgIpc) is 3.35. The molecule has 1 amide bonds. The maximum atomic E-state index is 12.1. The number of anilines is 1. The molecule has 29 heavy (non-hydrogen) atoms. The third kappa shape index (κ3) is 4.26. The second-order valence-electron chi connectivity index (χ2n) is 7.75. The van der Waals surface area contributed by atoms with Gasteiger partial charge in [0.05, 0.1) is 11.9 Å². The minimum atomic E-state index is 0.208. The number of nitrogens with zero attached hydrogens (tertiary/aromatic N) is 4. The van der Waals surface area contributed by atoms with E-state index in [9.17, 15) is 4.79 Å². The van der Waals surface area contributed by atoms with Crippen LogP contribution in [0.25, 0.3) is 21.3 Å². The largest absolute Gasteiger partial charge is 0.365 e. The standard InChI is InChI=1S/C22H27N5OS/c1-4-19(28)27-11-10-16(12-27)23-21-20-17(15-8-6-5-7-9-15)14-29-22(20)25-18(24-21)13-26(2)3/h5-9,14,16H,4,10-13H2,1-3H3,(H,23,24,25). The molecule has 1 aliphatic rings. The lowest BCUT2D eigenvalue weighted by Gasteiger charge is -2.18. The first kappa shape index (κ1) is 19.8. The van der Waals surface area contributed by atoms with E-state index < -0.39 is 0 Å². The summed E-state index contributed by atoms with van der Waals surface area (Å²) in [5.74, 6) is 1.91. The number of hydrogen-bond acceptors (Lipinski definition) is 6. The molecule has 6 nitrogen and oxygen atoms in total. The van der Waals surface area contributed by atoms with Crippen molar-refractivity contribution in [2.24, 2.45) is 0 Å². The molecule has 2 aromatic heterocycles. The van der Waals surface area contributed by atoms with Crippen LogP contribution in [-0.4, -0.2) is 58.9 Å². The number of carbonyl (C=O) groups is 1. The van der Waals surface area contributed by atoms with E-state index in [1.54, 1.807) is 11.3 Å². The number of benzene rings is 1. The highest BCUT2D eigenvalue weighted by Gasteiger charge is 2.27. The van der Waals surface area contributed by atoms with E-state index in [0.29, 0.717) is 13.0 Å². The molecule has 3 heterocycles. The van der Waals surface area contributed by atoms with E-state index in [1.807, 2.05) is 32.0 Å². The number of thiophene rings is 1. The minimum absolute atomic E-state index is 0.208. The van der Waals surface area contributed by atoms with Crippen LogP contribution in [0.2, 0.25) is 0 Å². The van der Waals surface area contributed by atoms with Crippen molar-refractivity contribution in [3.05, 3.63) is 41.5 Å². The fraction of sp³-hybridized carbons (Fsp3) is 0.409. The van der Waals surface area contributed by atoms with Crippen molar-refractivity contribution in [2.75, 3.05) is 32.5 Å². The molecule has 0 radical (unpaired) electrons. The van der Waals surface area contributed by atoms with Crippen molar-refractivity contribution in [3.63, 3.8) is 0 Å². The van der Waals surface area contributed by atoms with Crippen molar-refractivity contribution in [1.82, 2.24) is 19.8 Å². The third-order valence-corrected chi connectivity index (χ3v) is 6.08. The molecule has 1 N–H and O–H groups in total. The molecular formula is C22H27N5OS. The molecule has 1 unspecified atom stereocenters. The Bertz CT molecular complexity index is 1000. The molecule has 1 aromatic carbocycles. The van der Waals surface area contributed by atoms with Crippen LogP contribution in [0.1, 0.15) is 25.6 Å². The van der Waals surface area contributed by atoms with Gasteiger partial charge in [-0.15, -0.1) is 11.3 Å². The second kappa shape index (κ2) is 8.47. The lowest BCUT2D eigenvalue weighted by Crippen LogP contribution is -2.31. The summed E-state index contributed by atoms with van der Waals surface area (Å²) in [6.45, 7) is 4.14. The molecule has 1 aliphatic heterocycles. The van der Waals surface area contributed by atoms with Crippen molar-refractivity contribution in [3.8, 4) is 11.1 Å². The summed E-state index contributed by atoms with van der Waals surface area (Å²) in [4.78, 5) is 26.8. The molecule has 4 rings (SSSR count). The number of likely N-dealkylation sites (tertiary alicyclic amines) is 1. The first-order valence-corrected chi connectivity index (χ1v) is 11.0. The van der Waals surface area contributed by atoms with Gasteiger partial charge in [0, 0.05) is 36.5 Å². The predicted molar refractivity (Wildman–Crippen MR) is 119 cm³/mol. The van der Waals surface area contributed by atoms with Crippen molar-refractivity contribution in [2.45, 2.75) is 32.4 Å². The van der Waals surface area contributed by atoms with Gasteiger partial charge >= 0.3 is 0 Å². The zero-order valence-electron chi connectivity index (χ0n) is 17.2. The predicted octanol–water partition coefficient (Wildman–Crippen LogP) is 3.84. The quantitative estimate of drug-likeness (QED) is 0.670. The molecule has 1 fully saturated rings. The van der Waals surface area contributed by atoms with Crippen molar-refractivity contribution in [1.29, 1.82) is 0 Å². The number of aromatic nitrogens is 2. The smallest absolute Gasteiger partial charge is 0.222 e. The maximum absolute atomic E-state index is 12.1. The zero-order chi connectivity index (χ0) is 20.4. The van der Waals surface area contributed by atoms with Crippen LogP contribution in [0.4, 0.5) is 5.82 Å². The fourth-order valence-corrected chi connectivity index (χ4v) is 4.76. The summed E-state index contributed by atoms with van der Waals surface area (Å²) in [6, 6.07) is 10.6. The Kier molecular flexibility index (Phi) is 5.78. The highest BCUT2D eigenvalue weighted by atomic mass is 32.1. The Morgan fingerprint density at radius 3 is 2.79 bits per heavy atom. The Labute approximate surface area is 175 Å². The normalized spacial score (nSPS) is 16.7. The first-order valence-electron chi connectivity index (χ1n) is 10.1. The zero-order valence-corrected chi connectivity index (χ0v) is 18.0. The van der Waals surface area contributed by atoms with E-state index >= 15 is 0 Å². The molecule has 0 bridgehead atoms. The molecule has 1 saturated heterocycles. The molecule has 3 aromatic rings. The van der Waals surface area contributed by atoms with Gasteiger partial charge < -0.3 is 15.1 Å². The Morgan fingerprint density at radius 2 is 2.07 bits per heavy atom. The van der Waals surface area contributed by atoms with Gasteiger partial charge in [-0.3, -0.25) is 4.79 Å². The summed E-state index contributed by atoms with van der Waals surface area (Å²) in [6.07, 6.45) is 1.49. The van der Waals surface area contributed by atoms with Crippen LogP contribution < -0.4 is 5.32 Å². The average molecular weight is 410 g/mol. The summed E-state index contributed by atoms with van der Waals surface area (Å²) < 4.78 is 0. The number of fused-ring (bicyclic) bond motifs is 1. The van der Waals surface area contributed by atoms with Crippen LogP contribution >= 0.6 is 11.3 Å². The van der Waals surface area contributed by atoms with Crippen molar-refractivity contribution < 1.29 is 4.79 Å². The molecule has 1 atom stereocenters. The van der Waals surface area contributed by atoms with E-state index in [0.717, 1.165) is 46.9 Å². The lowest BCUT2D eigenvalue weighted by molar-refractivity contribution is -0.129. The molecular weight excluding hydrogens is 382 g/mol. The van der Waals surface area contributed by atoms with Gasteiger partial charge in [0.1, 0.15) is 16.5 Å². The van der Waals surface area contributed by atoms with Gasteiger partial charge in [-0.05, 0) is 26.1 Å². The SMILES string of the molecule is CCC(=O)N1CCC(Nc2nc(CN(C)C)nc3scc(-c4ccccc4)c23)C1. The molecule has 0 spiro atoms. The van der Waals surface area contributed by atoms with Crippen LogP contribution in [-0.2, 0) is 11.3 Å². The number of hydrogen-bond donors (Lipinski definition) is 1. The van der Waals surface area contributed by atoms with E-state index in [1.165, 1.54) is 5.56 Å². The Hall–Kier alpha value is -2.51. The highest BCUT2D eigenvalue weighted by Crippen LogP contribution is 2.37. The van der Waals surface area contributed by atoms with E-state index in [-0.39, 0.29) is 11.9 Å². The van der Waals surface area contributed by atoms with Crippen LogP contribution in [0.3, 0.4) is 0 Å². The number of rotatable bonds is 6. The summed E-state index contributed by atoms with van der Waals surface area (Å²) in [5, 5.41) is 6.89. The van der Waals surface area contributed by atoms with E-state index in [2.05, 4.69) is 39.9 Å². The third-order valence-electron chi connectivity index (χ3n) is 5.21. The van der Waals surface area contributed by atoms with Crippen molar-refractivity contribution >= 4 is 33.3 Å².